The highest BCUT2D eigenvalue weighted by molar-refractivity contribution is 6.12. The van der Waals surface area contributed by atoms with Crippen molar-refractivity contribution in [3.63, 3.8) is 0 Å². The van der Waals surface area contributed by atoms with Crippen LogP contribution in [0.15, 0.2) is 60.9 Å². The first-order valence-electron chi connectivity index (χ1n) is 10.5. The number of amides is 2. The fourth-order valence-electron chi connectivity index (χ4n) is 3.25. The molecule has 8 nitrogen and oxygen atoms in total. The Morgan fingerprint density at radius 1 is 0.895 bits per heavy atom. The predicted molar refractivity (Wildman–Crippen MR) is 122 cm³/mol. The first-order chi connectivity index (χ1) is 17.7. The zero-order valence-electron chi connectivity index (χ0n) is 19.0. The standard InChI is InChI=1S/C24H17F6N3O5/c25-23(26,27)12-38-20-9-18(33-22(36)37)17(8-16(20)24(28,29)30)32-21(35)10-19(34)14-4-1-3-13(7-14)15-5-2-6-31-11-15/h1-9,11,33H,10,12H2,(H,32,35)(H,36,37). The number of hydrogen-bond acceptors (Lipinski definition) is 5. The Kier molecular flexibility index (Phi) is 8.23. The van der Waals surface area contributed by atoms with E-state index in [1.807, 2.05) is 5.32 Å². The van der Waals surface area contributed by atoms with E-state index in [4.69, 9.17) is 5.11 Å². The molecular formula is C24H17F6N3O5. The van der Waals surface area contributed by atoms with Gasteiger partial charge in [-0.05, 0) is 23.8 Å². The van der Waals surface area contributed by atoms with Gasteiger partial charge in [-0.3, -0.25) is 19.9 Å². The second-order valence-electron chi connectivity index (χ2n) is 7.70. The van der Waals surface area contributed by atoms with Gasteiger partial charge < -0.3 is 15.2 Å². The van der Waals surface area contributed by atoms with Crippen LogP contribution in [-0.4, -0.2) is 40.7 Å². The molecule has 14 heteroatoms. The Bertz CT molecular complexity index is 1340. The van der Waals surface area contributed by atoms with Crippen LogP contribution in [0.5, 0.6) is 5.75 Å². The van der Waals surface area contributed by atoms with E-state index in [1.54, 1.807) is 42.0 Å². The predicted octanol–water partition coefficient (Wildman–Crippen LogP) is 6.01. The van der Waals surface area contributed by atoms with Crippen molar-refractivity contribution in [2.24, 2.45) is 0 Å². The number of ether oxygens (including phenoxy) is 1. The van der Waals surface area contributed by atoms with Gasteiger partial charge in [0.15, 0.2) is 12.4 Å². The average molecular weight is 541 g/mol. The minimum absolute atomic E-state index is 0.109. The summed E-state index contributed by atoms with van der Waals surface area (Å²) in [6.45, 7) is -2.08. The number of ketones is 1. The normalized spacial score (nSPS) is 11.5. The van der Waals surface area contributed by atoms with E-state index in [0.29, 0.717) is 17.2 Å². The van der Waals surface area contributed by atoms with Gasteiger partial charge in [0, 0.05) is 29.6 Å². The van der Waals surface area contributed by atoms with Crippen molar-refractivity contribution in [1.29, 1.82) is 0 Å². The van der Waals surface area contributed by atoms with Gasteiger partial charge in [-0.25, -0.2) is 4.79 Å². The van der Waals surface area contributed by atoms with Crippen molar-refractivity contribution >= 4 is 29.2 Å². The van der Waals surface area contributed by atoms with Gasteiger partial charge >= 0.3 is 18.4 Å². The van der Waals surface area contributed by atoms with Crippen molar-refractivity contribution in [2.45, 2.75) is 18.8 Å². The summed E-state index contributed by atoms with van der Waals surface area (Å²) >= 11 is 0. The quantitative estimate of drug-likeness (QED) is 0.183. The van der Waals surface area contributed by atoms with Gasteiger partial charge in [-0.2, -0.15) is 26.3 Å². The summed E-state index contributed by atoms with van der Waals surface area (Å²) in [7, 11) is 0. The molecule has 38 heavy (non-hydrogen) atoms. The zero-order valence-corrected chi connectivity index (χ0v) is 19.0. The van der Waals surface area contributed by atoms with E-state index in [1.165, 1.54) is 12.1 Å². The Morgan fingerprint density at radius 2 is 1.58 bits per heavy atom. The fraction of sp³-hybridized carbons (Fsp3) is 0.167. The number of Topliss-reactive ketones (excluding diaryl/α,β-unsaturated/α-hetero) is 1. The number of carboxylic acid groups (broad SMARTS) is 1. The molecule has 0 atom stereocenters. The highest BCUT2D eigenvalue weighted by Crippen LogP contribution is 2.42. The van der Waals surface area contributed by atoms with Crippen LogP contribution < -0.4 is 15.4 Å². The van der Waals surface area contributed by atoms with Crippen LogP contribution in [0.4, 0.5) is 42.5 Å². The van der Waals surface area contributed by atoms with Crippen LogP contribution in [0.3, 0.4) is 0 Å². The van der Waals surface area contributed by atoms with Gasteiger partial charge in [0.1, 0.15) is 5.75 Å². The van der Waals surface area contributed by atoms with Crippen molar-refractivity contribution in [3.05, 3.63) is 72.1 Å². The number of halogens is 6. The van der Waals surface area contributed by atoms with E-state index in [0.717, 1.165) is 0 Å². The number of benzene rings is 2. The van der Waals surface area contributed by atoms with Gasteiger partial charge in [0.05, 0.1) is 23.4 Å². The van der Waals surface area contributed by atoms with Crippen LogP contribution in [0, 0.1) is 0 Å². The van der Waals surface area contributed by atoms with E-state index >= 15 is 0 Å². The van der Waals surface area contributed by atoms with Crippen molar-refractivity contribution in [2.75, 3.05) is 17.2 Å². The molecule has 2 aromatic carbocycles. The highest BCUT2D eigenvalue weighted by Gasteiger charge is 2.37. The molecule has 0 unspecified atom stereocenters. The maximum atomic E-state index is 13.5. The molecule has 3 aromatic rings. The highest BCUT2D eigenvalue weighted by atomic mass is 19.4. The fourth-order valence-corrected chi connectivity index (χ4v) is 3.25. The molecule has 0 saturated carbocycles. The number of anilines is 2. The summed E-state index contributed by atoms with van der Waals surface area (Å²) in [5, 5.41) is 12.7. The van der Waals surface area contributed by atoms with Gasteiger partial charge in [0.25, 0.3) is 0 Å². The number of rotatable bonds is 8. The summed E-state index contributed by atoms with van der Waals surface area (Å²) in [6, 6.07) is 10.1. The molecule has 0 spiro atoms. The summed E-state index contributed by atoms with van der Waals surface area (Å²) in [5.41, 5.74) is -1.76. The Labute approximate surface area is 210 Å². The number of aromatic nitrogens is 1. The molecule has 3 N–H and O–H groups in total. The number of pyridine rings is 1. The molecule has 1 heterocycles. The average Bonchev–Trinajstić information content (AvgIpc) is 2.83. The molecular weight excluding hydrogens is 524 g/mol. The van der Waals surface area contributed by atoms with Crippen LogP contribution >= 0.6 is 0 Å². The molecule has 2 amide bonds. The number of hydrogen-bond donors (Lipinski definition) is 3. The van der Waals surface area contributed by atoms with Crippen LogP contribution in [0.2, 0.25) is 0 Å². The number of carbonyl (C=O) groups excluding carboxylic acids is 2. The van der Waals surface area contributed by atoms with E-state index in [-0.39, 0.29) is 11.6 Å². The van der Waals surface area contributed by atoms with Crippen molar-refractivity contribution in [1.82, 2.24) is 4.98 Å². The Hall–Kier alpha value is -4.62. The molecule has 0 saturated heterocycles. The maximum Gasteiger partial charge on any atom is 0.422 e. The Balaban J connectivity index is 1.86. The van der Waals surface area contributed by atoms with Gasteiger partial charge in [-0.15, -0.1) is 0 Å². The number of nitrogens with one attached hydrogen (secondary N) is 2. The summed E-state index contributed by atoms with van der Waals surface area (Å²) < 4.78 is 82.3. The van der Waals surface area contributed by atoms with Crippen LogP contribution in [0.25, 0.3) is 11.1 Å². The second-order valence-corrected chi connectivity index (χ2v) is 7.70. The number of nitrogens with zero attached hydrogens (tertiary/aromatic N) is 1. The molecule has 0 radical (unpaired) electrons. The Morgan fingerprint density at radius 3 is 2.18 bits per heavy atom. The molecule has 200 valence electrons. The van der Waals surface area contributed by atoms with Crippen molar-refractivity contribution < 1.29 is 50.6 Å². The second kappa shape index (κ2) is 11.2. The third kappa shape index (κ3) is 7.69. The van der Waals surface area contributed by atoms with E-state index < -0.39 is 65.9 Å². The smallest absolute Gasteiger partial charge is 0.422 e. The lowest BCUT2D eigenvalue weighted by atomic mass is 10.0. The molecule has 3 rings (SSSR count). The van der Waals surface area contributed by atoms with Crippen LogP contribution in [-0.2, 0) is 11.0 Å². The third-order valence-corrected chi connectivity index (χ3v) is 4.83. The molecule has 0 fully saturated rings. The zero-order chi connectivity index (χ0) is 28.1. The molecule has 0 aliphatic heterocycles. The monoisotopic (exact) mass is 541 g/mol. The number of alkyl halides is 6. The van der Waals surface area contributed by atoms with Gasteiger partial charge in [-0.1, -0.05) is 24.3 Å². The largest absolute Gasteiger partial charge is 0.483 e. The minimum Gasteiger partial charge on any atom is -0.483 e. The van der Waals surface area contributed by atoms with Gasteiger partial charge in [0.2, 0.25) is 5.91 Å². The lowest BCUT2D eigenvalue weighted by Gasteiger charge is -2.19. The third-order valence-electron chi connectivity index (χ3n) is 4.83. The molecule has 0 aliphatic rings. The SMILES string of the molecule is O=C(O)Nc1cc(OCC(F)(F)F)c(C(F)(F)F)cc1NC(=O)CC(=O)c1cccc(-c2cccnc2)c1. The number of carbonyl (C=O) groups is 3. The summed E-state index contributed by atoms with van der Waals surface area (Å²) in [5.74, 6) is -3.13. The lowest BCUT2D eigenvalue weighted by Crippen LogP contribution is -2.22. The molecule has 0 aliphatic carbocycles. The van der Waals surface area contributed by atoms with E-state index in [9.17, 15) is 40.7 Å². The first-order valence-corrected chi connectivity index (χ1v) is 10.5. The minimum atomic E-state index is -5.23. The maximum absolute atomic E-state index is 13.5. The first kappa shape index (κ1) is 28.0. The topological polar surface area (TPSA) is 118 Å². The molecule has 0 bridgehead atoms. The van der Waals surface area contributed by atoms with E-state index in [2.05, 4.69) is 9.72 Å². The molecule has 1 aromatic heterocycles. The summed E-state index contributed by atoms with van der Waals surface area (Å²) in [4.78, 5) is 40.2. The lowest BCUT2D eigenvalue weighted by molar-refractivity contribution is -0.158. The summed E-state index contributed by atoms with van der Waals surface area (Å²) in [6.07, 6.45) is -9.74. The van der Waals surface area contributed by atoms with Crippen LogP contribution in [0.1, 0.15) is 22.3 Å². The van der Waals surface area contributed by atoms with Crippen molar-refractivity contribution in [3.8, 4) is 16.9 Å².